The average Bonchev–Trinajstić information content (AvgIpc) is 3.27. The second kappa shape index (κ2) is 11.4. The molecule has 0 radical (unpaired) electrons. The Bertz CT molecular complexity index is 758. The van der Waals surface area contributed by atoms with Crippen LogP contribution in [-0.2, 0) is 15.6 Å². The zero-order valence-electron chi connectivity index (χ0n) is 22.0. The van der Waals surface area contributed by atoms with Crippen molar-refractivity contribution in [1.29, 1.82) is 0 Å². The number of hydrogen-bond donors (Lipinski definition) is 1. The second-order valence-corrected chi connectivity index (χ2v) is 14.6. The molecule has 0 aromatic heterocycles. The standard InChI is InChI=1S/C28H46N2OS2/c1-20(30-14-10-11-15-30)29-26(31)19-32-24-12-8-9-13-25(24)33-23-17-21(27(2,3)4)16-22(18-23)28(5,6)7/h16-18,20,24-25H,8-15,19H2,1-7H3,(H,29,31). The molecule has 3 atom stereocenters. The second-order valence-electron chi connectivity index (χ2n) is 12.0. The summed E-state index contributed by atoms with van der Waals surface area (Å²) in [5, 5.41) is 4.36. The van der Waals surface area contributed by atoms with Gasteiger partial charge in [0.05, 0.1) is 11.9 Å². The first-order valence-corrected chi connectivity index (χ1v) is 14.8. The van der Waals surface area contributed by atoms with Crippen molar-refractivity contribution in [2.75, 3.05) is 18.8 Å². The number of benzene rings is 1. The molecule has 0 spiro atoms. The fraction of sp³-hybridized carbons (Fsp3) is 0.750. The first kappa shape index (κ1) is 26.9. The van der Waals surface area contributed by atoms with Crippen LogP contribution in [0.25, 0.3) is 0 Å². The number of carbonyl (C=O) groups excluding carboxylic acids is 1. The molecule has 1 heterocycles. The average molecular weight is 491 g/mol. The van der Waals surface area contributed by atoms with Gasteiger partial charge < -0.3 is 5.32 Å². The number of thioether (sulfide) groups is 2. The van der Waals surface area contributed by atoms with E-state index in [9.17, 15) is 4.79 Å². The van der Waals surface area contributed by atoms with Crippen molar-refractivity contribution in [2.45, 2.75) is 119 Å². The lowest BCUT2D eigenvalue weighted by atomic mass is 9.81. The van der Waals surface area contributed by atoms with E-state index < -0.39 is 0 Å². The van der Waals surface area contributed by atoms with Gasteiger partial charge in [0.15, 0.2) is 0 Å². The summed E-state index contributed by atoms with van der Waals surface area (Å²) in [4.78, 5) is 16.4. The van der Waals surface area contributed by atoms with Crippen molar-refractivity contribution >= 4 is 29.4 Å². The Hall–Kier alpha value is -0.650. The lowest BCUT2D eigenvalue weighted by Gasteiger charge is -2.32. The molecular weight excluding hydrogens is 444 g/mol. The van der Waals surface area contributed by atoms with Gasteiger partial charge in [-0.15, -0.1) is 23.5 Å². The van der Waals surface area contributed by atoms with Crippen LogP contribution < -0.4 is 5.32 Å². The molecule has 2 fully saturated rings. The molecule has 3 unspecified atom stereocenters. The molecule has 1 aliphatic heterocycles. The molecule has 1 amide bonds. The van der Waals surface area contributed by atoms with E-state index in [-0.39, 0.29) is 22.9 Å². The third kappa shape index (κ3) is 7.93. The van der Waals surface area contributed by atoms with Crippen molar-refractivity contribution in [1.82, 2.24) is 10.2 Å². The summed E-state index contributed by atoms with van der Waals surface area (Å²) in [5.41, 5.74) is 3.13. The molecule has 1 saturated heterocycles. The summed E-state index contributed by atoms with van der Waals surface area (Å²) in [5.74, 6) is 0.772. The van der Waals surface area contributed by atoms with E-state index in [4.69, 9.17) is 0 Å². The normalized spacial score (nSPS) is 23.5. The highest BCUT2D eigenvalue weighted by Gasteiger charge is 2.29. The Labute approximate surface area is 211 Å². The number of hydrogen-bond acceptors (Lipinski definition) is 4. The van der Waals surface area contributed by atoms with Crippen molar-refractivity contribution in [3.63, 3.8) is 0 Å². The van der Waals surface area contributed by atoms with Crippen LogP contribution in [0.2, 0.25) is 0 Å². The number of likely N-dealkylation sites (tertiary alicyclic amines) is 1. The third-order valence-electron chi connectivity index (χ3n) is 7.05. The molecular formula is C28H46N2OS2. The molecule has 5 heteroatoms. The highest BCUT2D eigenvalue weighted by atomic mass is 32.2. The van der Waals surface area contributed by atoms with Crippen LogP contribution in [-0.4, -0.2) is 46.3 Å². The molecule has 1 aliphatic carbocycles. The Kier molecular flexibility index (Phi) is 9.30. The molecule has 33 heavy (non-hydrogen) atoms. The molecule has 186 valence electrons. The summed E-state index contributed by atoms with van der Waals surface area (Å²) in [6, 6.07) is 7.24. The van der Waals surface area contributed by atoms with Crippen molar-refractivity contribution in [3.8, 4) is 0 Å². The highest BCUT2D eigenvalue weighted by Crippen LogP contribution is 2.42. The van der Waals surface area contributed by atoms with E-state index in [1.54, 1.807) is 0 Å². The van der Waals surface area contributed by atoms with Gasteiger partial charge in [-0.05, 0) is 66.7 Å². The molecule has 3 rings (SSSR count). The van der Waals surface area contributed by atoms with Gasteiger partial charge in [-0.3, -0.25) is 9.69 Å². The van der Waals surface area contributed by atoms with Gasteiger partial charge in [-0.2, -0.15) is 0 Å². The molecule has 3 nitrogen and oxygen atoms in total. The summed E-state index contributed by atoms with van der Waals surface area (Å²) >= 11 is 3.94. The Morgan fingerprint density at radius 3 is 2.03 bits per heavy atom. The maximum Gasteiger partial charge on any atom is 0.231 e. The van der Waals surface area contributed by atoms with Gasteiger partial charge in [-0.25, -0.2) is 0 Å². The summed E-state index contributed by atoms with van der Waals surface area (Å²) < 4.78 is 0. The number of amides is 1. The van der Waals surface area contributed by atoms with Crippen molar-refractivity contribution in [2.24, 2.45) is 0 Å². The fourth-order valence-electron chi connectivity index (χ4n) is 4.77. The quantitative estimate of drug-likeness (QED) is 0.447. The molecule has 1 N–H and O–H groups in total. The molecule has 1 aromatic rings. The first-order chi connectivity index (χ1) is 15.4. The van der Waals surface area contributed by atoms with Gasteiger partial charge in [0, 0.05) is 28.5 Å². The lowest BCUT2D eigenvalue weighted by Crippen LogP contribution is -2.45. The van der Waals surface area contributed by atoms with E-state index in [2.05, 4.69) is 88.6 Å². The number of nitrogens with zero attached hydrogens (tertiary/aromatic N) is 1. The maximum atomic E-state index is 12.7. The van der Waals surface area contributed by atoms with E-state index in [1.165, 1.54) is 54.5 Å². The number of nitrogens with one attached hydrogen (secondary N) is 1. The Balaban J connectivity index is 1.64. The predicted molar refractivity (Wildman–Crippen MR) is 147 cm³/mol. The number of carbonyl (C=O) groups is 1. The minimum Gasteiger partial charge on any atom is -0.340 e. The van der Waals surface area contributed by atoms with Crippen LogP contribution in [0.4, 0.5) is 0 Å². The smallest absolute Gasteiger partial charge is 0.231 e. The summed E-state index contributed by atoms with van der Waals surface area (Å²) in [6.45, 7) is 18.2. The molecule has 1 saturated carbocycles. The fourth-order valence-corrected chi connectivity index (χ4v) is 7.62. The zero-order valence-corrected chi connectivity index (χ0v) is 23.6. The molecule has 0 bridgehead atoms. The minimum atomic E-state index is 0.140. The van der Waals surface area contributed by atoms with Gasteiger partial charge in [0.2, 0.25) is 5.91 Å². The Morgan fingerprint density at radius 1 is 0.939 bits per heavy atom. The number of rotatable bonds is 7. The minimum absolute atomic E-state index is 0.140. The third-order valence-corrected chi connectivity index (χ3v) is 10.0. The monoisotopic (exact) mass is 490 g/mol. The van der Waals surface area contributed by atoms with Crippen LogP contribution in [0.15, 0.2) is 23.1 Å². The van der Waals surface area contributed by atoms with E-state index >= 15 is 0 Å². The van der Waals surface area contributed by atoms with Crippen LogP contribution in [0.1, 0.15) is 98.1 Å². The van der Waals surface area contributed by atoms with Gasteiger partial charge in [0.1, 0.15) is 0 Å². The highest BCUT2D eigenvalue weighted by molar-refractivity contribution is 8.04. The van der Waals surface area contributed by atoms with E-state index in [0.29, 0.717) is 16.3 Å². The summed E-state index contributed by atoms with van der Waals surface area (Å²) in [7, 11) is 0. The SMILES string of the molecule is CC(NC(=O)CSC1CCCCC1Sc1cc(C(C)(C)C)cc(C(C)(C)C)c1)N1CCCC1. The van der Waals surface area contributed by atoms with E-state index in [1.807, 2.05) is 11.8 Å². The predicted octanol–water partition coefficient (Wildman–Crippen LogP) is 6.98. The van der Waals surface area contributed by atoms with Crippen molar-refractivity contribution in [3.05, 3.63) is 29.3 Å². The Morgan fingerprint density at radius 2 is 1.48 bits per heavy atom. The van der Waals surface area contributed by atoms with Gasteiger partial charge >= 0.3 is 0 Å². The molecule has 2 aliphatic rings. The van der Waals surface area contributed by atoms with Crippen LogP contribution in [0.3, 0.4) is 0 Å². The van der Waals surface area contributed by atoms with Crippen LogP contribution in [0.5, 0.6) is 0 Å². The lowest BCUT2D eigenvalue weighted by molar-refractivity contribution is -0.120. The zero-order chi connectivity index (χ0) is 24.2. The topological polar surface area (TPSA) is 32.3 Å². The first-order valence-electron chi connectivity index (χ1n) is 12.9. The van der Waals surface area contributed by atoms with Crippen LogP contribution in [0, 0.1) is 0 Å². The molecule has 1 aromatic carbocycles. The summed E-state index contributed by atoms with van der Waals surface area (Å²) in [6.07, 6.45) is 7.73. The van der Waals surface area contributed by atoms with Crippen molar-refractivity contribution < 1.29 is 4.79 Å². The largest absolute Gasteiger partial charge is 0.340 e. The maximum absolute atomic E-state index is 12.7. The van der Waals surface area contributed by atoms with Crippen LogP contribution >= 0.6 is 23.5 Å². The van der Waals surface area contributed by atoms with Gasteiger partial charge in [0.25, 0.3) is 0 Å². The van der Waals surface area contributed by atoms with Gasteiger partial charge in [-0.1, -0.05) is 60.5 Å². The van der Waals surface area contributed by atoms with E-state index in [0.717, 1.165) is 13.1 Å².